The number of ether oxygens (including phenoxy) is 1. The summed E-state index contributed by atoms with van der Waals surface area (Å²) in [7, 11) is 0. The standard InChI is InChI=1S/C15H18O4/c1-14(2)8-9-15(14,12(16)17)13(18)19-10-11-6-4-3-5-7-11/h3-7H,8-10H2,1-2H3,(H,16,17). The molecule has 102 valence electrons. The fraction of sp³-hybridized carbons (Fsp3) is 0.467. The number of carbonyl (C=O) groups is 2. The first-order chi connectivity index (χ1) is 8.90. The lowest BCUT2D eigenvalue weighted by Gasteiger charge is -2.50. The summed E-state index contributed by atoms with van der Waals surface area (Å²) in [5.41, 5.74) is -1.08. The minimum Gasteiger partial charge on any atom is -0.480 e. The van der Waals surface area contributed by atoms with Gasteiger partial charge in [0.25, 0.3) is 0 Å². The minimum atomic E-state index is -1.39. The van der Waals surface area contributed by atoms with Gasteiger partial charge in [-0.1, -0.05) is 44.2 Å². The Morgan fingerprint density at radius 3 is 2.26 bits per heavy atom. The molecule has 1 aliphatic carbocycles. The fourth-order valence-electron chi connectivity index (χ4n) is 2.58. The quantitative estimate of drug-likeness (QED) is 0.669. The summed E-state index contributed by atoms with van der Waals surface area (Å²) >= 11 is 0. The van der Waals surface area contributed by atoms with E-state index in [0.717, 1.165) is 12.0 Å². The molecule has 1 unspecified atom stereocenters. The van der Waals surface area contributed by atoms with Gasteiger partial charge in [0.2, 0.25) is 0 Å². The Bertz CT molecular complexity index is 492. The molecule has 1 fully saturated rings. The molecular weight excluding hydrogens is 244 g/mol. The van der Waals surface area contributed by atoms with Crippen LogP contribution in [0.15, 0.2) is 30.3 Å². The van der Waals surface area contributed by atoms with Crippen molar-refractivity contribution in [1.82, 2.24) is 0 Å². The Kier molecular flexibility index (Phi) is 3.35. The number of carboxylic acid groups (broad SMARTS) is 1. The SMILES string of the molecule is CC1(C)CCC1(C(=O)O)C(=O)OCc1ccccc1. The van der Waals surface area contributed by atoms with Crippen LogP contribution in [-0.2, 0) is 20.9 Å². The summed E-state index contributed by atoms with van der Waals surface area (Å²) in [5.74, 6) is -1.71. The molecule has 0 bridgehead atoms. The monoisotopic (exact) mass is 262 g/mol. The van der Waals surface area contributed by atoms with E-state index in [2.05, 4.69) is 0 Å². The van der Waals surface area contributed by atoms with Gasteiger partial charge in [-0.15, -0.1) is 0 Å². The largest absolute Gasteiger partial charge is 0.480 e. The average molecular weight is 262 g/mol. The van der Waals surface area contributed by atoms with E-state index in [9.17, 15) is 14.7 Å². The zero-order valence-corrected chi connectivity index (χ0v) is 11.2. The second-order valence-corrected chi connectivity index (χ2v) is 5.66. The molecule has 4 nitrogen and oxygen atoms in total. The molecule has 1 N–H and O–H groups in total. The molecule has 0 aliphatic heterocycles. The summed E-state index contributed by atoms with van der Waals surface area (Å²) < 4.78 is 5.21. The van der Waals surface area contributed by atoms with Crippen LogP contribution in [-0.4, -0.2) is 17.0 Å². The van der Waals surface area contributed by atoms with Gasteiger partial charge in [-0.25, -0.2) is 0 Å². The third-order valence-electron chi connectivity index (χ3n) is 4.21. The molecule has 1 aromatic carbocycles. The molecule has 0 amide bonds. The van der Waals surface area contributed by atoms with Gasteiger partial charge in [-0.3, -0.25) is 9.59 Å². The predicted octanol–water partition coefficient (Wildman–Crippen LogP) is 2.62. The molecule has 2 rings (SSSR count). The highest BCUT2D eigenvalue weighted by atomic mass is 16.5. The first-order valence-electron chi connectivity index (χ1n) is 6.35. The molecule has 0 radical (unpaired) electrons. The Morgan fingerprint density at radius 1 is 1.21 bits per heavy atom. The first-order valence-corrected chi connectivity index (χ1v) is 6.35. The smallest absolute Gasteiger partial charge is 0.324 e. The van der Waals surface area contributed by atoms with Gasteiger partial charge in [0.15, 0.2) is 5.41 Å². The van der Waals surface area contributed by atoms with Crippen LogP contribution >= 0.6 is 0 Å². The van der Waals surface area contributed by atoms with Crippen LogP contribution in [0.4, 0.5) is 0 Å². The van der Waals surface area contributed by atoms with E-state index in [0.29, 0.717) is 6.42 Å². The lowest BCUT2D eigenvalue weighted by atomic mass is 9.51. The van der Waals surface area contributed by atoms with Crippen molar-refractivity contribution in [2.24, 2.45) is 10.8 Å². The second kappa shape index (κ2) is 4.68. The molecule has 1 aromatic rings. The normalized spacial score (nSPS) is 24.3. The summed E-state index contributed by atoms with van der Waals surface area (Å²) in [6.45, 7) is 3.72. The highest BCUT2D eigenvalue weighted by Gasteiger charge is 2.65. The van der Waals surface area contributed by atoms with Crippen molar-refractivity contribution >= 4 is 11.9 Å². The fourth-order valence-corrected chi connectivity index (χ4v) is 2.58. The number of carboxylic acids is 1. The molecule has 19 heavy (non-hydrogen) atoms. The van der Waals surface area contributed by atoms with Gasteiger partial charge in [-0.2, -0.15) is 0 Å². The lowest BCUT2D eigenvalue weighted by Crippen LogP contribution is -2.58. The van der Waals surface area contributed by atoms with Gasteiger partial charge < -0.3 is 9.84 Å². The maximum atomic E-state index is 12.2. The van der Waals surface area contributed by atoms with E-state index >= 15 is 0 Å². The van der Waals surface area contributed by atoms with E-state index in [1.54, 1.807) is 13.8 Å². The van der Waals surface area contributed by atoms with Crippen LogP contribution in [0.5, 0.6) is 0 Å². The Balaban J connectivity index is 2.09. The van der Waals surface area contributed by atoms with Gasteiger partial charge in [0, 0.05) is 0 Å². The van der Waals surface area contributed by atoms with Gasteiger partial charge in [0.05, 0.1) is 0 Å². The van der Waals surface area contributed by atoms with Crippen LogP contribution in [0.1, 0.15) is 32.3 Å². The average Bonchev–Trinajstić information content (AvgIpc) is 2.36. The summed E-state index contributed by atoms with van der Waals surface area (Å²) in [4.78, 5) is 23.6. The van der Waals surface area contributed by atoms with Crippen molar-refractivity contribution in [3.8, 4) is 0 Å². The van der Waals surface area contributed by atoms with Crippen molar-refractivity contribution in [2.75, 3.05) is 0 Å². The topological polar surface area (TPSA) is 63.6 Å². The maximum Gasteiger partial charge on any atom is 0.324 e. The predicted molar refractivity (Wildman–Crippen MR) is 69.3 cm³/mol. The Morgan fingerprint density at radius 2 is 1.84 bits per heavy atom. The zero-order chi connectivity index (χ0) is 14.1. The number of benzene rings is 1. The third kappa shape index (κ3) is 2.11. The van der Waals surface area contributed by atoms with Crippen LogP contribution in [0.25, 0.3) is 0 Å². The molecule has 0 aromatic heterocycles. The second-order valence-electron chi connectivity index (χ2n) is 5.66. The molecule has 1 aliphatic rings. The third-order valence-corrected chi connectivity index (χ3v) is 4.21. The molecule has 0 spiro atoms. The molecular formula is C15H18O4. The highest BCUT2D eigenvalue weighted by Crippen LogP contribution is 2.57. The van der Waals surface area contributed by atoms with Crippen molar-refractivity contribution in [3.63, 3.8) is 0 Å². The molecule has 4 heteroatoms. The first kappa shape index (κ1) is 13.6. The van der Waals surface area contributed by atoms with E-state index in [4.69, 9.17) is 4.74 Å². The van der Waals surface area contributed by atoms with Crippen molar-refractivity contribution in [1.29, 1.82) is 0 Å². The van der Waals surface area contributed by atoms with E-state index in [1.807, 2.05) is 30.3 Å². The Hall–Kier alpha value is -1.84. The molecule has 0 saturated heterocycles. The number of carbonyl (C=O) groups excluding carboxylic acids is 1. The van der Waals surface area contributed by atoms with E-state index in [1.165, 1.54) is 0 Å². The summed E-state index contributed by atoms with van der Waals surface area (Å²) in [6.07, 6.45) is 1.07. The van der Waals surface area contributed by atoms with Crippen molar-refractivity contribution < 1.29 is 19.4 Å². The molecule has 0 heterocycles. The Labute approximate surface area is 112 Å². The minimum absolute atomic E-state index is 0.116. The van der Waals surface area contributed by atoms with Crippen LogP contribution < -0.4 is 0 Å². The number of esters is 1. The number of aliphatic carboxylic acids is 1. The van der Waals surface area contributed by atoms with Gasteiger partial charge in [-0.05, 0) is 23.8 Å². The van der Waals surface area contributed by atoms with Crippen molar-refractivity contribution in [3.05, 3.63) is 35.9 Å². The van der Waals surface area contributed by atoms with Crippen LogP contribution in [0.2, 0.25) is 0 Å². The van der Waals surface area contributed by atoms with Gasteiger partial charge >= 0.3 is 11.9 Å². The zero-order valence-electron chi connectivity index (χ0n) is 11.2. The van der Waals surface area contributed by atoms with Crippen molar-refractivity contribution in [2.45, 2.75) is 33.3 Å². The van der Waals surface area contributed by atoms with Crippen LogP contribution in [0.3, 0.4) is 0 Å². The number of hydrogen-bond acceptors (Lipinski definition) is 3. The van der Waals surface area contributed by atoms with Crippen LogP contribution in [0, 0.1) is 10.8 Å². The number of rotatable bonds is 4. The summed E-state index contributed by atoms with van der Waals surface area (Å²) in [6, 6.07) is 9.26. The maximum absolute atomic E-state index is 12.2. The molecule has 1 atom stereocenters. The van der Waals surface area contributed by atoms with E-state index in [-0.39, 0.29) is 6.61 Å². The lowest BCUT2D eigenvalue weighted by molar-refractivity contribution is -0.194. The summed E-state index contributed by atoms with van der Waals surface area (Å²) in [5, 5.41) is 9.39. The molecule has 1 saturated carbocycles. The highest BCUT2D eigenvalue weighted by molar-refractivity contribution is 6.01. The number of hydrogen-bond donors (Lipinski definition) is 1. The van der Waals surface area contributed by atoms with E-state index < -0.39 is 22.8 Å². The van der Waals surface area contributed by atoms with Gasteiger partial charge in [0.1, 0.15) is 6.61 Å².